The maximum atomic E-state index is 11.7. The molecular formula is C15H22N4O2S. The maximum absolute atomic E-state index is 11.7. The van der Waals surface area contributed by atoms with Crippen LogP contribution in [0.5, 0.6) is 0 Å². The summed E-state index contributed by atoms with van der Waals surface area (Å²) in [6.07, 6.45) is 3.01. The van der Waals surface area contributed by atoms with Gasteiger partial charge in [-0.25, -0.2) is 4.98 Å². The third-order valence-electron chi connectivity index (χ3n) is 4.07. The van der Waals surface area contributed by atoms with Crippen LogP contribution in [0, 0.1) is 5.92 Å². The second-order valence-electron chi connectivity index (χ2n) is 6.17. The summed E-state index contributed by atoms with van der Waals surface area (Å²) in [4.78, 5) is 23.8. The molecule has 1 aliphatic rings. The Labute approximate surface area is 133 Å². The summed E-state index contributed by atoms with van der Waals surface area (Å²) in [5.41, 5.74) is 2.09. The Kier molecular flexibility index (Phi) is 4.56. The monoisotopic (exact) mass is 322 g/mol. The molecule has 0 bridgehead atoms. The molecule has 1 fully saturated rings. The first-order valence-electron chi connectivity index (χ1n) is 7.60. The van der Waals surface area contributed by atoms with Crippen LogP contribution in [0.1, 0.15) is 19.4 Å². The predicted octanol–water partition coefficient (Wildman–Crippen LogP) is 1.19. The fourth-order valence-corrected chi connectivity index (χ4v) is 3.88. The summed E-state index contributed by atoms with van der Waals surface area (Å²) in [7, 11) is 0. The second-order valence-corrected chi connectivity index (χ2v) is 7.78. The average molecular weight is 322 g/mol. The van der Waals surface area contributed by atoms with E-state index in [9.17, 15) is 9.90 Å². The number of fused-ring (bicyclic) bond motifs is 1. The number of hydrogen-bond acceptors (Lipinski definition) is 5. The molecule has 3 N–H and O–H groups in total. The van der Waals surface area contributed by atoms with Crippen LogP contribution in [0.4, 0.5) is 0 Å². The van der Waals surface area contributed by atoms with Gasteiger partial charge in [-0.2, -0.15) is 11.8 Å². The van der Waals surface area contributed by atoms with Crippen LogP contribution in [-0.4, -0.2) is 55.2 Å². The number of hydrogen-bond donors (Lipinski definition) is 3. The zero-order chi connectivity index (χ0) is 15.7. The molecule has 2 atom stereocenters. The molecular weight excluding hydrogens is 300 g/mol. The molecule has 3 heterocycles. The van der Waals surface area contributed by atoms with Gasteiger partial charge in [-0.05, 0) is 5.25 Å². The normalized spacial score (nSPS) is 22.9. The molecule has 0 aliphatic carbocycles. The van der Waals surface area contributed by atoms with Crippen LogP contribution in [0.25, 0.3) is 11.0 Å². The van der Waals surface area contributed by atoms with Crippen molar-refractivity contribution in [3.05, 3.63) is 28.4 Å². The van der Waals surface area contributed by atoms with Crippen molar-refractivity contribution < 1.29 is 5.11 Å². The van der Waals surface area contributed by atoms with E-state index in [-0.39, 0.29) is 11.7 Å². The average Bonchev–Trinajstić information content (AvgIpc) is 3.02. The van der Waals surface area contributed by atoms with Gasteiger partial charge in [0.2, 0.25) is 0 Å². The van der Waals surface area contributed by atoms with Crippen molar-refractivity contribution in [1.82, 2.24) is 19.9 Å². The van der Waals surface area contributed by atoms with E-state index >= 15 is 0 Å². The summed E-state index contributed by atoms with van der Waals surface area (Å²) in [6.45, 7) is 6.63. The van der Waals surface area contributed by atoms with E-state index < -0.39 is 0 Å². The van der Waals surface area contributed by atoms with Gasteiger partial charge in [-0.15, -0.1) is 0 Å². The van der Waals surface area contributed by atoms with Crippen molar-refractivity contribution >= 4 is 22.8 Å². The van der Waals surface area contributed by atoms with E-state index in [1.54, 1.807) is 0 Å². The second kappa shape index (κ2) is 6.44. The quantitative estimate of drug-likeness (QED) is 0.770. The number of aromatic amines is 2. The van der Waals surface area contributed by atoms with Crippen LogP contribution in [0.15, 0.2) is 17.3 Å². The molecule has 1 saturated heterocycles. The van der Waals surface area contributed by atoms with Gasteiger partial charge in [-0.3, -0.25) is 9.69 Å². The number of rotatable bonds is 5. The standard InChI is InChI=1S/C15H22N4O2S/c1-9(2)22-7-11-5-19(6-12(11)20)4-10-3-16-14-13(10)17-8-18-15(14)21/h3,8-9,11-12,16,20H,4-7H2,1-2H3,(H,17,18,21)/t11-,12+/m0/s1. The lowest BCUT2D eigenvalue weighted by Gasteiger charge is -2.15. The Morgan fingerprint density at radius 2 is 2.27 bits per heavy atom. The third-order valence-corrected chi connectivity index (χ3v) is 5.36. The molecule has 0 amide bonds. The number of thioether (sulfide) groups is 1. The van der Waals surface area contributed by atoms with Gasteiger partial charge in [0.05, 0.1) is 17.9 Å². The van der Waals surface area contributed by atoms with Crippen molar-refractivity contribution in [1.29, 1.82) is 0 Å². The maximum Gasteiger partial charge on any atom is 0.275 e. The summed E-state index contributed by atoms with van der Waals surface area (Å²) in [5, 5.41) is 10.8. The fraction of sp³-hybridized carbons (Fsp3) is 0.600. The zero-order valence-corrected chi connectivity index (χ0v) is 13.7. The lowest BCUT2D eigenvalue weighted by molar-refractivity contribution is 0.149. The van der Waals surface area contributed by atoms with Crippen molar-refractivity contribution in [2.24, 2.45) is 5.92 Å². The molecule has 0 aromatic carbocycles. The third kappa shape index (κ3) is 3.21. The SMILES string of the molecule is CC(C)SC[C@@H]1CN(Cc2c[nH]c3c(=O)[nH]cnc23)C[C@H]1O. The van der Waals surface area contributed by atoms with Crippen LogP contribution >= 0.6 is 11.8 Å². The first-order chi connectivity index (χ1) is 10.5. The minimum atomic E-state index is -0.271. The van der Waals surface area contributed by atoms with Gasteiger partial charge in [0.1, 0.15) is 5.52 Å². The Morgan fingerprint density at radius 3 is 3.05 bits per heavy atom. The number of H-pyrrole nitrogens is 2. The summed E-state index contributed by atoms with van der Waals surface area (Å²) < 4.78 is 0. The van der Waals surface area contributed by atoms with Gasteiger partial charge in [0.25, 0.3) is 5.56 Å². The lowest BCUT2D eigenvalue weighted by Crippen LogP contribution is -2.21. The Bertz CT molecular complexity index is 696. The Balaban J connectivity index is 1.68. The molecule has 0 unspecified atom stereocenters. The number of aliphatic hydroxyl groups is 1. The highest BCUT2D eigenvalue weighted by atomic mass is 32.2. The topological polar surface area (TPSA) is 85.0 Å². The van der Waals surface area contributed by atoms with Crippen molar-refractivity contribution in [3.63, 3.8) is 0 Å². The van der Waals surface area contributed by atoms with Crippen LogP contribution in [0.3, 0.4) is 0 Å². The van der Waals surface area contributed by atoms with Crippen LogP contribution in [-0.2, 0) is 6.54 Å². The Morgan fingerprint density at radius 1 is 1.45 bits per heavy atom. The van der Waals surface area contributed by atoms with Crippen molar-refractivity contribution in [2.75, 3.05) is 18.8 Å². The number of likely N-dealkylation sites (tertiary alicyclic amines) is 1. The highest BCUT2D eigenvalue weighted by Gasteiger charge is 2.31. The zero-order valence-electron chi connectivity index (χ0n) is 12.9. The number of aliphatic hydroxyl groups excluding tert-OH is 1. The molecule has 2 aromatic heterocycles. The van der Waals surface area contributed by atoms with Crippen molar-refractivity contribution in [3.8, 4) is 0 Å². The van der Waals surface area contributed by atoms with E-state index in [0.29, 0.717) is 29.8 Å². The fourth-order valence-electron chi connectivity index (χ4n) is 2.92. The van der Waals surface area contributed by atoms with Crippen LogP contribution in [0.2, 0.25) is 0 Å². The first kappa shape index (κ1) is 15.6. The lowest BCUT2D eigenvalue weighted by atomic mass is 10.1. The highest BCUT2D eigenvalue weighted by Crippen LogP contribution is 2.25. The number of nitrogens with zero attached hydrogens (tertiary/aromatic N) is 2. The minimum absolute atomic E-state index is 0.149. The summed E-state index contributed by atoms with van der Waals surface area (Å²) in [6, 6.07) is 0. The minimum Gasteiger partial charge on any atom is -0.391 e. The largest absolute Gasteiger partial charge is 0.391 e. The smallest absolute Gasteiger partial charge is 0.275 e. The molecule has 120 valence electrons. The van der Waals surface area contributed by atoms with Gasteiger partial charge in [0.15, 0.2) is 0 Å². The van der Waals surface area contributed by atoms with E-state index in [2.05, 4.69) is 33.7 Å². The molecule has 2 aromatic rings. The molecule has 0 saturated carbocycles. The van der Waals surface area contributed by atoms with E-state index in [1.807, 2.05) is 18.0 Å². The highest BCUT2D eigenvalue weighted by molar-refractivity contribution is 7.99. The molecule has 0 spiro atoms. The molecule has 0 radical (unpaired) electrons. The molecule has 22 heavy (non-hydrogen) atoms. The van der Waals surface area contributed by atoms with Gasteiger partial charge in [0, 0.05) is 43.1 Å². The predicted molar refractivity (Wildman–Crippen MR) is 89.1 cm³/mol. The number of β-amino-alcohol motifs (C(OH)–C–C–N with tert-alkyl or cyclic N) is 1. The first-order valence-corrected chi connectivity index (χ1v) is 8.65. The van der Waals surface area contributed by atoms with E-state index in [0.717, 1.165) is 23.4 Å². The summed E-state index contributed by atoms with van der Waals surface area (Å²) in [5.74, 6) is 1.30. The summed E-state index contributed by atoms with van der Waals surface area (Å²) >= 11 is 1.90. The van der Waals surface area contributed by atoms with Gasteiger partial charge >= 0.3 is 0 Å². The number of nitrogens with one attached hydrogen (secondary N) is 2. The molecule has 7 heteroatoms. The Hall–Kier alpha value is -1.31. The molecule has 6 nitrogen and oxygen atoms in total. The van der Waals surface area contributed by atoms with Crippen LogP contribution < -0.4 is 5.56 Å². The number of aromatic nitrogens is 3. The van der Waals surface area contributed by atoms with Gasteiger partial charge in [-0.1, -0.05) is 13.8 Å². The van der Waals surface area contributed by atoms with E-state index in [1.165, 1.54) is 6.33 Å². The molecule has 3 rings (SSSR count). The molecule has 1 aliphatic heterocycles. The van der Waals surface area contributed by atoms with Crippen molar-refractivity contribution in [2.45, 2.75) is 31.7 Å². The van der Waals surface area contributed by atoms with Gasteiger partial charge < -0.3 is 15.1 Å². The van der Waals surface area contributed by atoms with E-state index in [4.69, 9.17) is 0 Å².